The van der Waals surface area contributed by atoms with Gasteiger partial charge in [0.1, 0.15) is 6.04 Å². The highest BCUT2D eigenvalue weighted by atomic mass is 16.5. The van der Waals surface area contributed by atoms with E-state index in [1.807, 2.05) is 30.3 Å². The first-order chi connectivity index (χ1) is 14.0. The number of rotatable bonds is 5. The lowest BCUT2D eigenvalue weighted by Crippen LogP contribution is -2.45. The van der Waals surface area contributed by atoms with Gasteiger partial charge < -0.3 is 14.7 Å². The third-order valence-corrected chi connectivity index (χ3v) is 5.93. The summed E-state index contributed by atoms with van der Waals surface area (Å²) in [7, 11) is 0. The molecule has 3 heterocycles. The molecule has 154 valence electrons. The van der Waals surface area contributed by atoms with E-state index in [1.54, 1.807) is 11.8 Å². The van der Waals surface area contributed by atoms with Crippen molar-refractivity contribution in [3.63, 3.8) is 0 Å². The lowest BCUT2D eigenvalue weighted by Gasteiger charge is -2.36. The maximum absolute atomic E-state index is 12.9. The van der Waals surface area contributed by atoms with Crippen molar-refractivity contribution >= 4 is 11.9 Å². The number of aromatic nitrogens is 4. The van der Waals surface area contributed by atoms with E-state index in [9.17, 15) is 14.7 Å². The van der Waals surface area contributed by atoms with Crippen LogP contribution in [-0.2, 0) is 14.3 Å². The molecule has 0 aliphatic carbocycles. The molecule has 9 heteroatoms. The van der Waals surface area contributed by atoms with Crippen molar-refractivity contribution in [2.75, 3.05) is 19.7 Å². The number of ether oxygens (including phenoxy) is 1. The van der Waals surface area contributed by atoms with Gasteiger partial charge in [0.15, 0.2) is 0 Å². The molecular formula is C20H25N5O4. The Morgan fingerprint density at radius 2 is 1.90 bits per heavy atom. The van der Waals surface area contributed by atoms with Crippen LogP contribution in [0.5, 0.6) is 0 Å². The van der Waals surface area contributed by atoms with Gasteiger partial charge in [-0.15, -0.1) is 10.2 Å². The van der Waals surface area contributed by atoms with Crippen molar-refractivity contribution in [2.24, 2.45) is 11.8 Å². The van der Waals surface area contributed by atoms with Crippen molar-refractivity contribution in [3.05, 3.63) is 30.3 Å². The molecule has 0 spiro atoms. The van der Waals surface area contributed by atoms with Gasteiger partial charge in [0.2, 0.25) is 11.7 Å². The van der Waals surface area contributed by atoms with Crippen LogP contribution >= 0.6 is 0 Å². The number of piperidine rings is 1. The zero-order valence-corrected chi connectivity index (χ0v) is 16.3. The van der Waals surface area contributed by atoms with Crippen LogP contribution in [0.3, 0.4) is 0 Å². The molecule has 2 fully saturated rings. The predicted octanol–water partition coefficient (Wildman–Crippen LogP) is 1.63. The van der Waals surface area contributed by atoms with E-state index >= 15 is 0 Å². The minimum absolute atomic E-state index is 0.0532. The van der Waals surface area contributed by atoms with Crippen LogP contribution in [0.15, 0.2) is 30.3 Å². The lowest BCUT2D eigenvalue weighted by molar-refractivity contribution is -0.146. The summed E-state index contributed by atoms with van der Waals surface area (Å²) in [5, 5.41) is 21.9. The number of tetrazole rings is 1. The van der Waals surface area contributed by atoms with E-state index < -0.39 is 17.9 Å². The molecule has 2 saturated heterocycles. The van der Waals surface area contributed by atoms with Gasteiger partial charge in [-0.1, -0.05) is 30.3 Å². The second-order valence-corrected chi connectivity index (χ2v) is 7.71. The van der Waals surface area contributed by atoms with Gasteiger partial charge in [0, 0.05) is 25.3 Å². The molecule has 3 atom stereocenters. The molecule has 1 amide bonds. The summed E-state index contributed by atoms with van der Waals surface area (Å²) < 4.78 is 5.71. The van der Waals surface area contributed by atoms with Crippen LogP contribution in [0.4, 0.5) is 0 Å². The molecule has 29 heavy (non-hydrogen) atoms. The van der Waals surface area contributed by atoms with Crippen LogP contribution in [0.25, 0.3) is 11.4 Å². The molecule has 2 aliphatic rings. The smallest absolute Gasteiger partial charge is 0.309 e. The maximum atomic E-state index is 12.9. The number of carboxylic acid groups (broad SMARTS) is 1. The van der Waals surface area contributed by atoms with Gasteiger partial charge in [-0.25, -0.2) is 0 Å². The molecule has 2 aliphatic heterocycles. The largest absolute Gasteiger partial charge is 0.481 e. The molecule has 1 N–H and O–H groups in total. The number of carbonyl (C=O) groups excluding carboxylic acids is 1. The van der Waals surface area contributed by atoms with Gasteiger partial charge in [-0.3, -0.25) is 9.59 Å². The molecule has 0 radical (unpaired) electrons. The Labute approximate surface area is 168 Å². The lowest BCUT2D eigenvalue weighted by atomic mass is 9.84. The quantitative estimate of drug-likeness (QED) is 0.813. The summed E-state index contributed by atoms with van der Waals surface area (Å²) in [6.07, 6.45) is 1.81. The van der Waals surface area contributed by atoms with E-state index in [0.29, 0.717) is 31.9 Å². The Morgan fingerprint density at radius 3 is 2.59 bits per heavy atom. The number of hydrogen-bond acceptors (Lipinski definition) is 6. The Kier molecular flexibility index (Phi) is 5.57. The molecule has 2 unspecified atom stereocenters. The van der Waals surface area contributed by atoms with Crippen LogP contribution in [0.2, 0.25) is 0 Å². The highest BCUT2D eigenvalue weighted by Crippen LogP contribution is 2.33. The molecule has 0 saturated carbocycles. The SMILES string of the molecule is CC(C(=O)N1CCC([C@@H]2OCCC2C(=O)O)CC1)n1nnc(-c2ccccc2)n1. The van der Waals surface area contributed by atoms with E-state index in [2.05, 4.69) is 15.4 Å². The van der Waals surface area contributed by atoms with Crippen molar-refractivity contribution in [3.8, 4) is 11.4 Å². The third kappa shape index (κ3) is 4.00. The Bertz CT molecular complexity index is 863. The number of carboxylic acids is 1. The van der Waals surface area contributed by atoms with Gasteiger partial charge in [0.25, 0.3) is 0 Å². The van der Waals surface area contributed by atoms with E-state index in [-0.39, 0.29) is 17.9 Å². The summed E-state index contributed by atoms with van der Waals surface area (Å²) in [6, 6.07) is 8.96. The zero-order chi connectivity index (χ0) is 20.4. The first kappa shape index (κ1) is 19.5. The van der Waals surface area contributed by atoms with Crippen LogP contribution in [0.1, 0.15) is 32.2 Å². The number of hydrogen-bond donors (Lipinski definition) is 1. The number of nitrogens with zero attached hydrogens (tertiary/aromatic N) is 5. The minimum Gasteiger partial charge on any atom is -0.481 e. The average molecular weight is 399 g/mol. The van der Waals surface area contributed by atoms with Crippen LogP contribution < -0.4 is 0 Å². The van der Waals surface area contributed by atoms with Crippen molar-refractivity contribution < 1.29 is 19.4 Å². The molecule has 0 bridgehead atoms. The summed E-state index contributed by atoms with van der Waals surface area (Å²) in [5.41, 5.74) is 0.851. The highest BCUT2D eigenvalue weighted by Gasteiger charge is 2.41. The molecule has 1 aromatic heterocycles. The topological polar surface area (TPSA) is 110 Å². The normalized spacial score (nSPS) is 23.8. The van der Waals surface area contributed by atoms with Crippen LogP contribution in [0, 0.1) is 11.8 Å². The van der Waals surface area contributed by atoms with E-state index in [0.717, 1.165) is 18.4 Å². The fourth-order valence-electron chi connectivity index (χ4n) is 4.24. The monoisotopic (exact) mass is 399 g/mol. The van der Waals surface area contributed by atoms with E-state index in [4.69, 9.17) is 4.74 Å². The number of amides is 1. The second kappa shape index (κ2) is 8.28. The summed E-state index contributed by atoms with van der Waals surface area (Å²) in [5.74, 6) is -0.611. The fourth-order valence-corrected chi connectivity index (χ4v) is 4.24. The van der Waals surface area contributed by atoms with Crippen molar-refractivity contribution in [1.82, 2.24) is 25.1 Å². The predicted molar refractivity (Wildman–Crippen MR) is 103 cm³/mol. The Balaban J connectivity index is 1.36. The summed E-state index contributed by atoms with van der Waals surface area (Å²) in [6.45, 7) is 3.44. The van der Waals surface area contributed by atoms with Gasteiger partial charge >= 0.3 is 5.97 Å². The molecule has 1 aromatic carbocycles. The summed E-state index contributed by atoms with van der Waals surface area (Å²) >= 11 is 0. The van der Waals surface area contributed by atoms with E-state index in [1.165, 1.54) is 4.80 Å². The standard InChI is InChI=1S/C20H25N5O4/c1-13(25-22-18(21-23-25)15-5-3-2-4-6-15)19(26)24-10-7-14(8-11-24)17-16(20(27)28)9-12-29-17/h2-6,13-14,16-17H,7-12H2,1H3,(H,27,28)/t13?,16?,17-/m0/s1. The third-order valence-electron chi connectivity index (χ3n) is 5.93. The Morgan fingerprint density at radius 1 is 1.17 bits per heavy atom. The van der Waals surface area contributed by atoms with Crippen molar-refractivity contribution in [2.45, 2.75) is 38.3 Å². The number of aliphatic carboxylic acids is 1. The maximum Gasteiger partial charge on any atom is 0.309 e. The number of benzene rings is 1. The zero-order valence-electron chi connectivity index (χ0n) is 16.3. The van der Waals surface area contributed by atoms with Crippen molar-refractivity contribution in [1.29, 1.82) is 0 Å². The first-order valence-corrected chi connectivity index (χ1v) is 10.0. The van der Waals surface area contributed by atoms with Crippen LogP contribution in [-0.4, -0.2) is 67.9 Å². The van der Waals surface area contributed by atoms with Gasteiger partial charge in [-0.2, -0.15) is 4.80 Å². The van der Waals surface area contributed by atoms with Gasteiger partial charge in [0.05, 0.1) is 12.0 Å². The minimum atomic E-state index is -0.786. The first-order valence-electron chi connectivity index (χ1n) is 10.0. The highest BCUT2D eigenvalue weighted by molar-refractivity contribution is 5.80. The second-order valence-electron chi connectivity index (χ2n) is 7.71. The molecule has 2 aromatic rings. The molecule has 9 nitrogen and oxygen atoms in total. The molecular weight excluding hydrogens is 374 g/mol. The van der Waals surface area contributed by atoms with Gasteiger partial charge in [-0.05, 0) is 37.3 Å². The number of likely N-dealkylation sites (tertiary alicyclic amines) is 1. The fraction of sp³-hybridized carbons (Fsp3) is 0.550. The average Bonchev–Trinajstić information content (AvgIpc) is 3.43. The number of carbonyl (C=O) groups is 2. The molecule has 4 rings (SSSR count). The summed E-state index contributed by atoms with van der Waals surface area (Å²) in [4.78, 5) is 27.5. The Hall–Kier alpha value is -2.81.